The van der Waals surface area contributed by atoms with E-state index in [-0.39, 0.29) is 18.5 Å². The molecule has 5 heteroatoms. The molecule has 2 aromatic carbocycles. The first kappa shape index (κ1) is 20.7. The number of urea groups is 1. The van der Waals surface area contributed by atoms with Crippen molar-refractivity contribution in [1.29, 1.82) is 0 Å². The summed E-state index contributed by atoms with van der Waals surface area (Å²) in [5.74, 6) is -0.302. The van der Waals surface area contributed by atoms with E-state index >= 15 is 0 Å². The molecule has 0 radical (unpaired) electrons. The van der Waals surface area contributed by atoms with Crippen molar-refractivity contribution in [2.24, 2.45) is 0 Å². The first-order valence-corrected chi connectivity index (χ1v) is 10.6. The Morgan fingerprint density at radius 3 is 2.42 bits per heavy atom. The Hall–Kier alpha value is -3.60. The van der Waals surface area contributed by atoms with Crippen LogP contribution in [0.5, 0.6) is 0 Å². The molecule has 5 nitrogen and oxygen atoms in total. The van der Waals surface area contributed by atoms with Gasteiger partial charge in [-0.3, -0.25) is 9.69 Å². The van der Waals surface area contributed by atoms with Crippen LogP contribution in [-0.4, -0.2) is 21.4 Å². The van der Waals surface area contributed by atoms with Crippen molar-refractivity contribution in [3.8, 4) is 5.69 Å². The Labute approximate surface area is 183 Å². The van der Waals surface area contributed by atoms with E-state index in [9.17, 15) is 9.59 Å². The number of aromatic nitrogens is 1. The van der Waals surface area contributed by atoms with Crippen LogP contribution in [0, 0.1) is 20.8 Å². The minimum Gasteiger partial charge on any atom is -0.317 e. The summed E-state index contributed by atoms with van der Waals surface area (Å²) in [6, 6.07) is 17.6. The van der Waals surface area contributed by atoms with Crippen LogP contribution < -0.4 is 5.32 Å². The molecule has 1 aromatic heterocycles. The molecule has 1 aliphatic heterocycles. The number of rotatable bonds is 5. The molecular formula is C26H27N3O2. The fourth-order valence-electron chi connectivity index (χ4n) is 4.24. The van der Waals surface area contributed by atoms with Gasteiger partial charge in [0.1, 0.15) is 5.70 Å². The summed E-state index contributed by atoms with van der Waals surface area (Å²) >= 11 is 0. The van der Waals surface area contributed by atoms with Crippen molar-refractivity contribution in [2.75, 3.05) is 0 Å². The number of benzene rings is 2. The Morgan fingerprint density at radius 2 is 1.71 bits per heavy atom. The standard InChI is InChI=1S/C26H27N3O2/c1-5-21-13-9-10-17(2)24(21)29-18(3)14-22(19(29)4)15-23-25(30)28(26(31)27-23)16-20-11-7-6-8-12-20/h6-15H,5,16H2,1-4H3,(H,27,31)/b23-15-. The molecule has 0 saturated carbocycles. The van der Waals surface area contributed by atoms with Crippen LogP contribution in [0.15, 0.2) is 60.3 Å². The largest absolute Gasteiger partial charge is 0.329 e. The van der Waals surface area contributed by atoms with Crippen LogP contribution in [-0.2, 0) is 17.8 Å². The van der Waals surface area contributed by atoms with E-state index in [1.165, 1.54) is 21.7 Å². The van der Waals surface area contributed by atoms with Crippen molar-refractivity contribution in [3.05, 3.63) is 93.9 Å². The van der Waals surface area contributed by atoms with Gasteiger partial charge < -0.3 is 9.88 Å². The normalized spacial score (nSPS) is 15.1. The van der Waals surface area contributed by atoms with Crippen molar-refractivity contribution in [1.82, 2.24) is 14.8 Å². The van der Waals surface area contributed by atoms with E-state index in [2.05, 4.69) is 54.9 Å². The molecule has 158 valence electrons. The van der Waals surface area contributed by atoms with Crippen LogP contribution >= 0.6 is 0 Å². The van der Waals surface area contributed by atoms with Crippen LogP contribution in [0.25, 0.3) is 11.8 Å². The van der Waals surface area contributed by atoms with E-state index in [1.54, 1.807) is 6.08 Å². The maximum atomic E-state index is 12.9. The molecule has 1 aliphatic rings. The number of para-hydroxylation sites is 1. The number of amides is 3. The van der Waals surface area contributed by atoms with Gasteiger partial charge in [0, 0.05) is 11.4 Å². The monoisotopic (exact) mass is 413 g/mol. The number of hydrogen-bond donors (Lipinski definition) is 1. The van der Waals surface area contributed by atoms with Gasteiger partial charge in [-0.05, 0) is 61.6 Å². The molecule has 4 rings (SSSR count). The highest BCUT2D eigenvalue weighted by Gasteiger charge is 2.33. The Bertz CT molecular complexity index is 1190. The van der Waals surface area contributed by atoms with Gasteiger partial charge >= 0.3 is 6.03 Å². The Balaban J connectivity index is 1.69. The van der Waals surface area contributed by atoms with Gasteiger partial charge in [-0.2, -0.15) is 0 Å². The SMILES string of the molecule is CCc1cccc(C)c1-n1c(C)cc(/C=C2\NC(=O)N(Cc3ccccc3)C2=O)c1C. The van der Waals surface area contributed by atoms with Crippen molar-refractivity contribution in [3.63, 3.8) is 0 Å². The number of aryl methyl sites for hydroxylation is 3. The molecule has 2 heterocycles. The van der Waals surface area contributed by atoms with Gasteiger partial charge in [0.05, 0.1) is 12.2 Å². The molecule has 3 aromatic rings. The quantitative estimate of drug-likeness (QED) is 0.470. The average molecular weight is 414 g/mol. The van der Waals surface area contributed by atoms with E-state index in [4.69, 9.17) is 0 Å². The highest BCUT2D eigenvalue weighted by molar-refractivity contribution is 6.14. The first-order valence-electron chi connectivity index (χ1n) is 10.6. The van der Waals surface area contributed by atoms with Crippen LogP contribution in [0.1, 0.15) is 40.6 Å². The number of imide groups is 1. The zero-order valence-electron chi connectivity index (χ0n) is 18.4. The second kappa shape index (κ2) is 8.26. The summed E-state index contributed by atoms with van der Waals surface area (Å²) in [6.07, 6.45) is 2.72. The zero-order valence-corrected chi connectivity index (χ0v) is 18.4. The second-order valence-electron chi connectivity index (χ2n) is 7.96. The van der Waals surface area contributed by atoms with Crippen LogP contribution in [0.2, 0.25) is 0 Å². The van der Waals surface area contributed by atoms with E-state index in [1.807, 2.05) is 37.3 Å². The van der Waals surface area contributed by atoms with Crippen molar-refractivity contribution >= 4 is 18.0 Å². The lowest BCUT2D eigenvalue weighted by Gasteiger charge is -2.17. The van der Waals surface area contributed by atoms with Crippen molar-refractivity contribution in [2.45, 2.75) is 40.7 Å². The maximum Gasteiger partial charge on any atom is 0.329 e. The minimum atomic E-state index is -0.388. The predicted octanol–water partition coefficient (Wildman–Crippen LogP) is 5.06. The molecule has 0 aliphatic carbocycles. The number of carbonyl (C=O) groups excluding carboxylic acids is 2. The Kier molecular flexibility index (Phi) is 5.51. The smallest absolute Gasteiger partial charge is 0.317 e. The highest BCUT2D eigenvalue weighted by Crippen LogP contribution is 2.28. The average Bonchev–Trinajstić information content (AvgIpc) is 3.18. The molecule has 3 amide bonds. The topological polar surface area (TPSA) is 54.3 Å². The van der Waals surface area contributed by atoms with Gasteiger partial charge in [-0.1, -0.05) is 55.5 Å². The fraction of sp³-hybridized carbons (Fsp3) is 0.231. The third kappa shape index (κ3) is 3.79. The lowest BCUT2D eigenvalue weighted by molar-refractivity contribution is -0.123. The molecule has 1 fully saturated rings. The highest BCUT2D eigenvalue weighted by atomic mass is 16.2. The number of carbonyl (C=O) groups is 2. The molecule has 1 saturated heterocycles. The number of hydrogen-bond acceptors (Lipinski definition) is 2. The predicted molar refractivity (Wildman–Crippen MR) is 123 cm³/mol. The lowest BCUT2D eigenvalue weighted by atomic mass is 10.1. The summed E-state index contributed by atoms with van der Waals surface area (Å²) in [5.41, 5.74) is 7.95. The third-order valence-electron chi connectivity index (χ3n) is 5.84. The van der Waals surface area contributed by atoms with Gasteiger partial charge in [0.25, 0.3) is 5.91 Å². The van der Waals surface area contributed by atoms with Gasteiger partial charge in [-0.15, -0.1) is 0 Å². The molecular weight excluding hydrogens is 386 g/mol. The molecule has 0 bridgehead atoms. The lowest BCUT2D eigenvalue weighted by Crippen LogP contribution is -2.30. The summed E-state index contributed by atoms with van der Waals surface area (Å²) in [6.45, 7) is 8.65. The van der Waals surface area contributed by atoms with E-state index in [0.29, 0.717) is 5.70 Å². The fourth-order valence-corrected chi connectivity index (χ4v) is 4.24. The molecule has 0 atom stereocenters. The van der Waals surface area contributed by atoms with E-state index < -0.39 is 0 Å². The zero-order chi connectivity index (χ0) is 22.1. The third-order valence-corrected chi connectivity index (χ3v) is 5.84. The van der Waals surface area contributed by atoms with Gasteiger partial charge in [-0.25, -0.2) is 4.79 Å². The van der Waals surface area contributed by atoms with Crippen LogP contribution in [0.4, 0.5) is 4.79 Å². The second-order valence-corrected chi connectivity index (χ2v) is 7.96. The maximum absolute atomic E-state index is 12.9. The van der Waals surface area contributed by atoms with E-state index in [0.717, 1.165) is 28.9 Å². The molecule has 0 unspecified atom stereocenters. The van der Waals surface area contributed by atoms with Crippen LogP contribution in [0.3, 0.4) is 0 Å². The molecule has 1 N–H and O–H groups in total. The molecule has 0 spiro atoms. The van der Waals surface area contributed by atoms with Gasteiger partial charge in [0.15, 0.2) is 0 Å². The van der Waals surface area contributed by atoms with Gasteiger partial charge in [0.2, 0.25) is 0 Å². The summed E-state index contributed by atoms with van der Waals surface area (Å²) in [5, 5.41) is 2.74. The number of nitrogens with zero attached hydrogens (tertiary/aromatic N) is 2. The van der Waals surface area contributed by atoms with Crippen molar-refractivity contribution < 1.29 is 9.59 Å². The molecule has 31 heavy (non-hydrogen) atoms. The summed E-state index contributed by atoms with van der Waals surface area (Å²) in [7, 11) is 0. The first-order chi connectivity index (χ1) is 14.9. The summed E-state index contributed by atoms with van der Waals surface area (Å²) in [4.78, 5) is 26.6. The summed E-state index contributed by atoms with van der Waals surface area (Å²) < 4.78 is 2.24. The Morgan fingerprint density at radius 1 is 0.968 bits per heavy atom. The minimum absolute atomic E-state index is 0.255. The number of nitrogens with one attached hydrogen (secondary N) is 1.